The van der Waals surface area contributed by atoms with E-state index < -0.39 is 0 Å². The maximum atomic E-state index is 3.34. The first kappa shape index (κ1) is 8.02. The van der Waals surface area contributed by atoms with E-state index in [1.807, 2.05) is 7.05 Å². The summed E-state index contributed by atoms with van der Waals surface area (Å²) >= 11 is 0. The SMILES string of the molecule is CN[C@H]1CCN(C)C1(C)C. The summed E-state index contributed by atoms with van der Waals surface area (Å²) in [5.74, 6) is 0. The molecule has 2 heteroatoms. The van der Waals surface area contributed by atoms with Crippen molar-refractivity contribution in [3.8, 4) is 0 Å². The van der Waals surface area contributed by atoms with Crippen molar-refractivity contribution in [2.75, 3.05) is 20.6 Å². The molecule has 0 unspecified atom stereocenters. The van der Waals surface area contributed by atoms with Crippen LogP contribution in [-0.2, 0) is 0 Å². The minimum Gasteiger partial charge on any atom is -0.315 e. The van der Waals surface area contributed by atoms with Crippen LogP contribution in [0, 0.1) is 0 Å². The first-order chi connectivity index (χ1) is 4.59. The van der Waals surface area contributed by atoms with Gasteiger partial charge in [0.2, 0.25) is 0 Å². The van der Waals surface area contributed by atoms with Crippen molar-refractivity contribution in [1.82, 2.24) is 10.2 Å². The van der Waals surface area contributed by atoms with Crippen LogP contribution in [0.3, 0.4) is 0 Å². The van der Waals surface area contributed by atoms with Gasteiger partial charge in [-0.25, -0.2) is 0 Å². The zero-order chi connectivity index (χ0) is 7.78. The second kappa shape index (κ2) is 2.51. The number of nitrogens with zero attached hydrogens (tertiary/aromatic N) is 1. The molecule has 0 aromatic rings. The van der Waals surface area contributed by atoms with E-state index in [1.54, 1.807) is 0 Å². The van der Waals surface area contributed by atoms with Crippen LogP contribution in [0.25, 0.3) is 0 Å². The maximum Gasteiger partial charge on any atom is 0.0303 e. The fraction of sp³-hybridized carbons (Fsp3) is 1.00. The van der Waals surface area contributed by atoms with Crippen molar-refractivity contribution >= 4 is 0 Å². The molecule has 0 aromatic heterocycles. The second-order valence-electron chi connectivity index (χ2n) is 3.71. The minimum atomic E-state index is 0.342. The van der Waals surface area contributed by atoms with Crippen LogP contribution < -0.4 is 5.32 Å². The zero-order valence-corrected chi connectivity index (χ0v) is 7.44. The molecular formula is C8H18N2. The highest BCUT2D eigenvalue weighted by Crippen LogP contribution is 2.26. The fourth-order valence-corrected chi connectivity index (χ4v) is 1.73. The number of hydrogen-bond donors (Lipinski definition) is 1. The Balaban J connectivity index is 2.64. The molecular weight excluding hydrogens is 124 g/mol. The Morgan fingerprint density at radius 1 is 1.50 bits per heavy atom. The van der Waals surface area contributed by atoms with E-state index in [-0.39, 0.29) is 0 Å². The van der Waals surface area contributed by atoms with Crippen molar-refractivity contribution in [2.24, 2.45) is 0 Å². The van der Waals surface area contributed by atoms with E-state index in [4.69, 9.17) is 0 Å². The van der Waals surface area contributed by atoms with Crippen molar-refractivity contribution in [2.45, 2.75) is 31.8 Å². The van der Waals surface area contributed by atoms with Crippen molar-refractivity contribution in [3.63, 3.8) is 0 Å². The largest absolute Gasteiger partial charge is 0.315 e. The molecule has 0 bridgehead atoms. The highest BCUT2D eigenvalue weighted by Gasteiger charge is 2.37. The van der Waals surface area contributed by atoms with Gasteiger partial charge in [-0.3, -0.25) is 4.90 Å². The highest BCUT2D eigenvalue weighted by atomic mass is 15.2. The predicted octanol–water partition coefficient (Wildman–Crippen LogP) is 0.688. The van der Waals surface area contributed by atoms with E-state index >= 15 is 0 Å². The predicted molar refractivity (Wildman–Crippen MR) is 44.2 cm³/mol. The van der Waals surface area contributed by atoms with E-state index in [1.165, 1.54) is 13.0 Å². The Morgan fingerprint density at radius 2 is 2.10 bits per heavy atom. The molecule has 1 N–H and O–H groups in total. The molecule has 0 spiro atoms. The molecule has 0 aromatic carbocycles. The summed E-state index contributed by atoms with van der Waals surface area (Å²) in [5, 5.41) is 3.34. The van der Waals surface area contributed by atoms with Gasteiger partial charge in [0.05, 0.1) is 0 Å². The Labute approximate surface area is 63.6 Å². The molecule has 0 saturated carbocycles. The maximum absolute atomic E-state index is 3.34. The lowest BCUT2D eigenvalue weighted by Gasteiger charge is -2.33. The third-order valence-electron chi connectivity index (χ3n) is 2.94. The van der Waals surface area contributed by atoms with Crippen LogP contribution in [0.1, 0.15) is 20.3 Å². The van der Waals surface area contributed by atoms with Crippen LogP contribution >= 0.6 is 0 Å². The molecule has 2 nitrogen and oxygen atoms in total. The minimum absolute atomic E-state index is 0.342. The van der Waals surface area contributed by atoms with Crippen molar-refractivity contribution < 1.29 is 0 Å². The summed E-state index contributed by atoms with van der Waals surface area (Å²) in [7, 11) is 4.24. The number of nitrogens with one attached hydrogen (secondary N) is 1. The average Bonchev–Trinajstić information content (AvgIpc) is 2.10. The van der Waals surface area contributed by atoms with Crippen molar-refractivity contribution in [3.05, 3.63) is 0 Å². The molecule has 1 saturated heterocycles. The lowest BCUT2D eigenvalue weighted by molar-refractivity contribution is 0.191. The molecule has 60 valence electrons. The van der Waals surface area contributed by atoms with E-state index in [9.17, 15) is 0 Å². The van der Waals surface area contributed by atoms with E-state index in [0.29, 0.717) is 11.6 Å². The molecule has 10 heavy (non-hydrogen) atoms. The molecule has 1 atom stereocenters. The van der Waals surface area contributed by atoms with Crippen LogP contribution in [0.15, 0.2) is 0 Å². The molecule has 0 aliphatic carbocycles. The number of hydrogen-bond acceptors (Lipinski definition) is 2. The molecule has 0 radical (unpaired) electrons. The quantitative estimate of drug-likeness (QED) is 0.579. The zero-order valence-electron chi connectivity index (χ0n) is 7.44. The third kappa shape index (κ3) is 1.06. The van der Waals surface area contributed by atoms with Gasteiger partial charge in [-0.15, -0.1) is 0 Å². The van der Waals surface area contributed by atoms with Gasteiger partial charge in [-0.05, 0) is 40.9 Å². The van der Waals surface area contributed by atoms with Crippen molar-refractivity contribution in [1.29, 1.82) is 0 Å². The highest BCUT2D eigenvalue weighted by molar-refractivity contribution is 4.97. The molecule has 1 fully saturated rings. The van der Waals surface area contributed by atoms with Gasteiger partial charge in [0, 0.05) is 11.6 Å². The molecule has 1 aliphatic rings. The normalized spacial score (nSPS) is 33.0. The Hall–Kier alpha value is -0.0800. The molecule has 1 rings (SSSR count). The van der Waals surface area contributed by atoms with Gasteiger partial charge in [-0.1, -0.05) is 0 Å². The van der Waals surface area contributed by atoms with Gasteiger partial charge < -0.3 is 5.32 Å². The van der Waals surface area contributed by atoms with Gasteiger partial charge >= 0.3 is 0 Å². The first-order valence-corrected chi connectivity index (χ1v) is 3.97. The van der Waals surface area contributed by atoms with Gasteiger partial charge in [0.15, 0.2) is 0 Å². The second-order valence-corrected chi connectivity index (χ2v) is 3.71. The third-order valence-corrected chi connectivity index (χ3v) is 2.94. The average molecular weight is 142 g/mol. The summed E-state index contributed by atoms with van der Waals surface area (Å²) in [6.45, 7) is 5.81. The monoisotopic (exact) mass is 142 g/mol. The molecule has 0 amide bonds. The smallest absolute Gasteiger partial charge is 0.0303 e. The lowest BCUT2D eigenvalue weighted by atomic mass is 9.96. The summed E-state index contributed by atoms with van der Waals surface area (Å²) < 4.78 is 0. The Bertz CT molecular complexity index is 120. The van der Waals surface area contributed by atoms with E-state index in [0.717, 1.165) is 0 Å². The lowest BCUT2D eigenvalue weighted by Crippen LogP contribution is -2.48. The van der Waals surface area contributed by atoms with Gasteiger partial charge in [0.1, 0.15) is 0 Å². The standard InChI is InChI=1S/C8H18N2/c1-8(2)7(9-3)5-6-10(8)4/h7,9H,5-6H2,1-4H3/t7-/m0/s1. The van der Waals surface area contributed by atoms with E-state index in [2.05, 4.69) is 31.1 Å². The number of likely N-dealkylation sites (tertiary alicyclic amines) is 1. The summed E-state index contributed by atoms with van der Waals surface area (Å²) in [5.41, 5.74) is 0.342. The van der Waals surface area contributed by atoms with Crippen LogP contribution in [0.2, 0.25) is 0 Å². The molecule has 1 aliphatic heterocycles. The Kier molecular flexibility index (Phi) is 2.02. The van der Waals surface area contributed by atoms with Crippen LogP contribution in [0.4, 0.5) is 0 Å². The Morgan fingerprint density at radius 3 is 2.30 bits per heavy atom. The fourth-order valence-electron chi connectivity index (χ4n) is 1.73. The van der Waals surface area contributed by atoms with Crippen LogP contribution in [0.5, 0.6) is 0 Å². The summed E-state index contributed by atoms with van der Waals surface area (Å²) in [6.07, 6.45) is 1.28. The van der Waals surface area contributed by atoms with Gasteiger partial charge in [0.25, 0.3) is 0 Å². The first-order valence-electron chi connectivity index (χ1n) is 3.97. The van der Waals surface area contributed by atoms with Gasteiger partial charge in [-0.2, -0.15) is 0 Å². The number of likely N-dealkylation sites (N-methyl/N-ethyl adjacent to an activating group) is 2. The van der Waals surface area contributed by atoms with Crippen LogP contribution in [-0.4, -0.2) is 37.1 Å². The summed E-state index contributed by atoms with van der Waals surface area (Å²) in [6, 6.07) is 0.664. The number of rotatable bonds is 1. The topological polar surface area (TPSA) is 15.3 Å². The molecule has 1 heterocycles. The summed E-state index contributed by atoms with van der Waals surface area (Å²) in [4.78, 5) is 2.41.